The molecule has 0 unspecified atom stereocenters. The van der Waals surface area contributed by atoms with Gasteiger partial charge in [0.15, 0.2) is 23.9 Å². The number of nitrogens with two attached hydrogens (primary N) is 3. The molecule has 27 N–H and O–H groups in total. The molecular formula is C82H97Cl3F3N15O25. The third kappa shape index (κ3) is 24.4. The molecule has 692 valence electrons. The van der Waals surface area contributed by atoms with Crippen LogP contribution < -0.4 is 84.6 Å². The minimum absolute atomic E-state index is 0.0527. The van der Waals surface area contributed by atoms with Crippen LogP contribution in [0.4, 0.5) is 18.9 Å². The first-order valence-electron chi connectivity index (χ1n) is 39.8. The Morgan fingerprint density at radius 2 is 1.28 bits per heavy atom. The molecule has 2 fully saturated rings. The summed E-state index contributed by atoms with van der Waals surface area (Å²) in [6.45, 7) is 5.92. The summed E-state index contributed by atoms with van der Waals surface area (Å²) in [6.07, 6.45) is -21.8. The number of hydrogen-bond donors (Lipinski definition) is 24. The summed E-state index contributed by atoms with van der Waals surface area (Å²) in [5.41, 5.74) is 15.1. The zero-order chi connectivity index (χ0) is 93.8. The van der Waals surface area contributed by atoms with Gasteiger partial charge >= 0.3 is 12.1 Å². The molecule has 0 spiro atoms. The van der Waals surface area contributed by atoms with Gasteiger partial charge in [-0.1, -0.05) is 79.7 Å². The molecule has 0 saturated carbocycles. The fourth-order valence-electron chi connectivity index (χ4n) is 14.5. The average molecular weight is 1860 g/mol. The molecule has 0 aliphatic carbocycles. The molecule has 46 heteroatoms. The molecule has 40 nitrogen and oxygen atoms in total. The number of hydrogen-bond acceptors (Lipinski definition) is 27. The number of amides is 8. The topological polar surface area (TPSA) is 646 Å². The van der Waals surface area contributed by atoms with Crippen molar-refractivity contribution in [2.75, 3.05) is 32.1 Å². The minimum Gasteiger partial charge on any atom is -0.508 e. The van der Waals surface area contributed by atoms with Crippen LogP contribution in [-0.2, 0) is 57.4 Å². The van der Waals surface area contributed by atoms with Crippen molar-refractivity contribution in [3.05, 3.63) is 146 Å². The van der Waals surface area contributed by atoms with E-state index in [0.29, 0.717) is 42.9 Å². The average Bonchev–Trinajstić information content (AvgIpc) is 0.761. The lowest BCUT2D eigenvalue weighted by Gasteiger charge is -2.47. The quantitative estimate of drug-likeness (QED) is 0.0280. The van der Waals surface area contributed by atoms with Gasteiger partial charge in [-0.3, -0.25) is 43.8 Å². The number of halogens is 6. The summed E-state index contributed by atoms with van der Waals surface area (Å²) in [4.78, 5) is 133. The second-order valence-corrected chi connectivity index (χ2v) is 32.5. The summed E-state index contributed by atoms with van der Waals surface area (Å²) in [7, 11) is 1.48. The summed E-state index contributed by atoms with van der Waals surface area (Å²) < 4.78 is 70.4. The van der Waals surface area contributed by atoms with Gasteiger partial charge in [0.05, 0.1) is 41.3 Å². The van der Waals surface area contributed by atoms with Crippen molar-refractivity contribution in [2.24, 2.45) is 28.1 Å². The number of guanidine groups is 2. The van der Waals surface area contributed by atoms with Crippen LogP contribution in [0, 0.1) is 11.3 Å². The van der Waals surface area contributed by atoms with Crippen LogP contribution in [0.2, 0.25) is 15.1 Å². The maximum Gasteiger partial charge on any atom is 0.490 e. The van der Waals surface area contributed by atoms with Crippen LogP contribution in [0.1, 0.15) is 131 Å². The monoisotopic (exact) mass is 1850 g/mol. The van der Waals surface area contributed by atoms with E-state index in [0.717, 1.165) is 60.7 Å². The van der Waals surface area contributed by atoms with Crippen molar-refractivity contribution in [3.63, 3.8) is 0 Å². The molecule has 6 aromatic rings. The predicted octanol–water partition coefficient (Wildman–Crippen LogP) is 2.94. The number of fused-ring (bicyclic) bond motifs is 15. The number of ether oxygens (including phenoxy) is 6. The minimum atomic E-state index is -5.08. The molecule has 6 aromatic carbocycles. The number of nitrogens with one attached hydrogen (secondary N) is 11. The Morgan fingerprint density at radius 1 is 0.695 bits per heavy atom. The Labute approximate surface area is 742 Å². The number of carboxylic acids is 1. The van der Waals surface area contributed by atoms with Gasteiger partial charge in [-0.15, -0.1) is 0 Å². The standard InChI is InChI=1S/C80H96Cl3N15O23.C2HF3O2/c1-33(2)22-46(88-5)70(109)96-61-63(104)36-11-18-50(44(82)24-36)117-52-26-38-27-53(67(52)121-77-68(66(107)65(106)54(32-99)119-77)120-56-31-80(4,87)69(108)34(3)116-56)118-51-19-12-37(25-45(51)83)64(105)62-76(115)95-60(72(111)89-20-8-6-7-9-21-90-78(85)98-79(86)91-40-15-13-39(81)14-16-40)43-28-41(100)29-49(102)57(43)42-23-35(10-17-48(42)101)58(73(112)97-62)94-74(113)59(38)93-71(110)47(30-55(84)103)92-75(61)114;3-2(4,5)1(6)7/h10-19,23-29,33-34,46-47,54,56,58-66,68-69,77,88,99-102,104-108H,6-9,20-22,30-32,87H2,1-5H3,(H2,84,103)(H,89,111)(H,92,114)(H,93,110)(H,94,113)(H,95,115)(H,96,109)(H,97,112)(H5,85,86,90,91,98);(H,6,7)/t34-,46+,47-,54+,56-,58+,59+,60-,61+,62-,63+,64+,65+,66-,68+,69+,77-,80-;/m0./s1. The molecule has 7 heterocycles. The molecule has 128 heavy (non-hydrogen) atoms. The van der Waals surface area contributed by atoms with Gasteiger partial charge in [-0.2, -0.15) is 18.2 Å². The highest BCUT2D eigenvalue weighted by Crippen LogP contribution is 2.50. The first-order chi connectivity index (χ1) is 60.3. The van der Waals surface area contributed by atoms with Crippen molar-refractivity contribution >= 4 is 106 Å². The maximum atomic E-state index is 16.3. The zero-order valence-electron chi connectivity index (χ0n) is 68.8. The molecule has 7 aliphatic heterocycles. The zero-order valence-corrected chi connectivity index (χ0v) is 71.1. The number of aliphatic hydroxyl groups is 6. The van der Waals surface area contributed by atoms with Crippen LogP contribution in [-0.4, -0.2) is 228 Å². The molecule has 8 amide bonds. The molecular weight excluding hydrogens is 1760 g/mol. The van der Waals surface area contributed by atoms with Crippen molar-refractivity contribution < 1.29 is 136 Å². The lowest BCUT2D eigenvalue weighted by Crippen LogP contribution is -2.64. The van der Waals surface area contributed by atoms with E-state index in [4.69, 9.17) is 95.7 Å². The highest BCUT2D eigenvalue weighted by atomic mass is 35.5. The van der Waals surface area contributed by atoms with E-state index < -0.39 is 238 Å². The van der Waals surface area contributed by atoms with Crippen LogP contribution in [0.3, 0.4) is 0 Å². The van der Waals surface area contributed by atoms with Crippen molar-refractivity contribution in [1.82, 2.24) is 47.9 Å². The number of alkyl halides is 3. The van der Waals surface area contributed by atoms with E-state index >= 15 is 19.2 Å². The molecule has 7 aliphatic rings. The fraction of sp³-hybridized carbons (Fsp3) is 0.427. The fourth-order valence-corrected chi connectivity index (χ4v) is 15.1. The van der Waals surface area contributed by atoms with Gasteiger partial charge in [0.25, 0.3) is 0 Å². The van der Waals surface area contributed by atoms with Gasteiger partial charge < -0.3 is 150 Å². The van der Waals surface area contributed by atoms with Gasteiger partial charge in [0.2, 0.25) is 71.2 Å². The number of aromatic hydroxyl groups is 3. The van der Waals surface area contributed by atoms with E-state index in [1.807, 2.05) is 13.8 Å². The Morgan fingerprint density at radius 3 is 1.86 bits per heavy atom. The normalized spacial score (nSPS) is 25.7. The highest BCUT2D eigenvalue weighted by Gasteiger charge is 2.52. The number of phenols is 3. The van der Waals surface area contributed by atoms with Gasteiger partial charge in [0, 0.05) is 53.0 Å². The van der Waals surface area contributed by atoms with Crippen LogP contribution in [0.25, 0.3) is 11.1 Å². The second-order valence-electron chi connectivity index (χ2n) is 31.3. The van der Waals surface area contributed by atoms with E-state index in [9.17, 15) is 78.3 Å². The number of likely N-dealkylation sites (N-methyl/N-ethyl adjacent to an activating group) is 1. The number of rotatable bonds is 21. The largest absolute Gasteiger partial charge is 0.508 e. The smallest absolute Gasteiger partial charge is 0.490 e. The van der Waals surface area contributed by atoms with Gasteiger partial charge in [-0.05, 0) is 153 Å². The Kier molecular flexibility index (Phi) is 32.7. The number of unbranched alkanes of at least 4 members (excludes halogenated alkanes) is 3. The maximum absolute atomic E-state index is 16.3. The van der Waals surface area contributed by atoms with Crippen molar-refractivity contribution in [1.29, 1.82) is 5.41 Å². The number of aliphatic imine (C=N–C) groups is 1. The molecule has 0 aromatic heterocycles. The van der Waals surface area contributed by atoms with E-state index in [1.54, 1.807) is 24.3 Å². The van der Waals surface area contributed by atoms with Crippen LogP contribution in [0.5, 0.6) is 46.0 Å². The first-order valence-corrected chi connectivity index (χ1v) is 41.0. The molecule has 11 bridgehead atoms. The van der Waals surface area contributed by atoms with E-state index in [2.05, 4.69) is 58.2 Å². The number of primary amides is 1. The second kappa shape index (κ2) is 42.5. The Balaban J connectivity index is 0.00000234. The SMILES string of the molecule is CN[C@H](CC(C)C)C(=O)N[C@H]1C(=O)N[C@@H](CC(N)=O)C(=O)N[C@H]2C(=O)N[C@H]3C(=O)N[C@H](C(=O)N[C@H](C(=O)NCCCCCCNC(=N)/N=C(\N)Nc4ccc(Cl)cc4)c4cc(O)cc(O)c4-c4cc3ccc4O)[C@H](O)c3ccc(c(Cl)c3)Oc3cc2cc(c3O[C@@H]2O[C@H](CO)[C@@H](O)[C@H](O)[C@H]2O[C@H]2C[C@](C)(N)[C@H](O)[C@H](C)O2)Oc2ccc(cc2Cl)[C@H]1O.O=C(O)C(F)(F)F. The lowest BCUT2D eigenvalue weighted by atomic mass is 9.86. The third-order valence-electron chi connectivity index (χ3n) is 21.1. The number of carbonyl (C=O) groups excluding carboxylic acids is 8. The number of carboxylic acid groups (broad SMARTS) is 1. The number of aliphatic hydroxyl groups excluding tert-OH is 6. The lowest BCUT2D eigenvalue weighted by molar-refractivity contribution is -0.333. The van der Waals surface area contributed by atoms with Crippen molar-refractivity contribution in [3.8, 4) is 57.1 Å². The number of anilines is 1. The van der Waals surface area contributed by atoms with Crippen LogP contribution >= 0.6 is 34.8 Å². The first kappa shape index (κ1) is 98.5. The Bertz CT molecular complexity index is 5160. The number of carbonyl (C=O) groups is 9. The predicted molar refractivity (Wildman–Crippen MR) is 449 cm³/mol. The summed E-state index contributed by atoms with van der Waals surface area (Å²) in [5.74, 6) is -17.9. The number of aliphatic carboxylic acids is 1. The summed E-state index contributed by atoms with van der Waals surface area (Å²) in [6, 6.07) is 6.79. The van der Waals surface area contributed by atoms with Gasteiger partial charge in [-0.25, -0.2) is 4.79 Å². The number of benzene rings is 6. The molecule has 18 atom stereocenters. The van der Waals surface area contributed by atoms with Crippen molar-refractivity contribution in [2.45, 2.75) is 188 Å². The summed E-state index contributed by atoms with van der Waals surface area (Å²) in [5, 5.41) is 147. The number of nitrogens with zero attached hydrogens (tertiary/aromatic N) is 1. The molecule has 2 saturated heterocycles. The number of phenolic OH excluding ortho intramolecular Hbond substituents is 3. The molecule has 0 radical (unpaired) electrons. The van der Waals surface area contributed by atoms with Gasteiger partial charge in [0.1, 0.15) is 95.5 Å². The van der Waals surface area contributed by atoms with E-state index in [-0.39, 0.29) is 76.0 Å². The Hall–Kier alpha value is -11.7. The van der Waals surface area contributed by atoms with E-state index in [1.165, 1.54) is 39.1 Å². The van der Waals surface area contributed by atoms with Crippen LogP contribution in [0.15, 0.2) is 108 Å². The third-order valence-corrected chi connectivity index (χ3v) is 21.9. The molecule has 13 rings (SSSR count). The highest BCUT2D eigenvalue weighted by molar-refractivity contribution is 6.32. The summed E-state index contributed by atoms with van der Waals surface area (Å²) >= 11 is 20.3.